The lowest BCUT2D eigenvalue weighted by Gasteiger charge is -2.28. The Labute approximate surface area is 174 Å². The minimum atomic E-state index is -0.744. The summed E-state index contributed by atoms with van der Waals surface area (Å²) in [6, 6.07) is 12.8. The number of amides is 2. The van der Waals surface area contributed by atoms with E-state index in [1.54, 1.807) is 36.4 Å². The van der Waals surface area contributed by atoms with Gasteiger partial charge in [0.1, 0.15) is 5.82 Å². The molecule has 0 aromatic heterocycles. The van der Waals surface area contributed by atoms with E-state index in [1.807, 2.05) is 0 Å². The number of carbonyl (C=O) groups is 3. The van der Waals surface area contributed by atoms with E-state index in [0.717, 1.165) is 12.8 Å². The van der Waals surface area contributed by atoms with Crippen molar-refractivity contribution in [3.05, 3.63) is 65.5 Å². The highest BCUT2D eigenvalue weighted by Gasteiger charge is 2.42. The Morgan fingerprint density at radius 3 is 2.40 bits per heavy atom. The fraction of sp³-hybridized carbons (Fsp3) is 0.348. The topological polar surface area (TPSA) is 84.5 Å². The van der Waals surface area contributed by atoms with Crippen LogP contribution in [0.1, 0.15) is 48.0 Å². The maximum atomic E-state index is 13.8. The molecule has 1 saturated carbocycles. The Morgan fingerprint density at radius 1 is 1.07 bits per heavy atom. The van der Waals surface area contributed by atoms with Gasteiger partial charge < -0.3 is 15.4 Å². The van der Waals surface area contributed by atoms with Crippen LogP contribution in [0.3, 0.4) is 0 Å². The smallest absolute Gasteiger partial charge is 0.307 e. The first-order valence-electron chi connectivity index (χ1n) is 9.97. The van der Waals surface area contributed by atoms with E-state index in [4.69, 9.17) is 0 Å². The first-order chi connectivity index (χ1) is 14.4. The third kappa shape index (κ3) is 4.84. The molecule has 1 aliphatic rings. The molecule has 2 N–H and O–H groups in total. The summed E-state index contributed by atoms with van der Waals surface area (Å²) in [4.78, 5) is 36.4. The summed E-state index contributed by atoms with van der Waals surface area (Å²) < 4.78 is 18.3. The van der Waals surface area contributed by atoms with Crippen molar-refractivity contribution in [3.8, 4) is 0 Å². The van der Waals surface area contributed by atoms with Crippen LogP contribution in [0.4, 0.5) is 10.1 Å². The van der Waals surface area contributed by atoms with Gasteiger partial charge in [0.05, 0.1) is 18.9 Å². The molecule has 0 bridgehead atoms. The summed E-state index contributed by atoms with van der Waals surface area (Å²) >= 11 is 0. The third-order valence-corrected chi connectivity index (χ3v) is 5.52. The van der Waals surface area contributed by atoms with E-state index >= 15 is 0 Å². The lowest BCUT2D eigenvalue weighted by molar-refractivity contribution is -0.140. The van der Waals surface area contributed by atoms with Gasteiger partial charge >= 0.3 is 5.97 Å². The van der Waals surface area contributed by atoms with Crippen molar-refractivity contribution in [2.75, 3.05) is 19.0 Å². The fourth-order valence-corrected chi connectivity index (χ4v) is 3.85. The third-order valence-electron chi connectivity index (χ3n) is 5.52. The average molecular weight is 412 g/mol. The second-order valence-electron chi connectivity index (χ2n) is 7.41. The highest BCUT2D eigenvalue weighted by molar-refractivity contribution is 6.00. The average Bonchev–Trinajstić information content (AvgIpc) is 3.25. The van der Waals surface area contributed by atoms with E-state index in [-0.39, 0.29) is 30.6 Å². The summed E-state index contributed by atoms with van der Waals surface area (Å²) in [6.07, 6.45) is 3.26. The molecule has 0 radical (unpaired) electrons. The molecule has 0 unspecified atom stereocenters. The quantitative estimate of drug-likeness (QED) is 0.681. The Kier molecular flexibility index (Phi) is 6.82. The molecule has 158 valence electrons. The monoisotopic (exact) mass is 412 g/mol. The van der Waals surface area contributed by atoms with Crippen molar-refractivity contribution >= 4 is 23.5 Å². The Morgan fingerprint density at radius 2 is 1.77 bits per heavy atom. The molecule has 7 heteroatoms. The molecule has 1 fully saturated rings. The van der Waals surface area contributed by atoms with Crippen LogP contribution in [0.5, 0.6) is 0 Å². The Bertz CT molecular complexity index is 921. The van der Waals surface area contributed by atoms with Crippen LogP contribution in [0.2, 0.25) is 0 Å². The number of hydrogen-bond acceptors (Lipinski definition) is 4. The summed E-state index contributed by atoms with van der Waals surface area (Å²) in [6.45, 7) is 0.181. The number of esters is 1. The molecular formula is C23H25FN2O4. The van der Waals surface area contributed by atoms with Gasteiger partial charge in [0.25, 0.3) is 5.91 Å². The fourth-order valence-electron chi connectivity index (χ4n) is 3.85. The van der Waals surface area contributed by atoms with Crippen molar-refractivity contribution < 1.29 is 23.5 Å². The second kappa shape index (κ2) is 9.52. The highest BCUT2D eigenvalue weighted by atomic mass is 19.1. The van der Waals surface area contributed by atoms with Crippen molar-refractivity contribution in [2.24, 2.45) is 0 Å². The Balaban J connectivity index is 1.66. The number of rotatable bonds is 7. The lowest BCUT2D eigenvalue weighted by Crippen LogP contribution is -2.38. The van der Waals surface area contributed by atoms with Crippen molar-refractivity contribution in [1.82, 2.24) is 5.32 Å². The zero-order valence-electron chi connectivity index (χ0n) is 16.9. The first-order valence-corrected chi connectivity index (χ1v) is 9.97. The summed E-state index contributed by atoms with van der Waals surface area (Å²) in [5, 5.41) is 5.56. The molecule has 0 spiro atoms. The van der Waals surface area contributed by atoms with E-state index in [1.165, 1.54) is 19.2 Å². The number of benzene rings is 2. The van der Waals surface area contributed by atoms with E-state index in [2.05, 4.69) is 15.4 Å². The zero-order chi connectivity index (χ0) is 21.6. The molecule has 2 aromatic carbocycles. The second-order valence-corrected chi connectivity index (χ2v) is 7.41. The largest absolute Gasteiger partial charge is 0.469 e. The molecule has 0 heterocycles. The number of hydrogen-bond donors (Lipinski definition) is 2. The zero-order valence-corrected chi connectivity index (χ0v) is 16.9. The standard InChI is InChI=1S/C23H25FN2O4/c1-30-20(27)11-14-25-21(28)16-7-9-19(10-8-16)26-22(29)23(12-2-3-13-23)17-5-4-6-18(24)15-17/h4-10,15H,2-3,11-14H2,1H3,(H,25,28)(H,26,29). The number of halogens is 1. The molecule has 1 aliphatic carbocycles. The van der Waals surface area contributed by atoms with E-state index in [0.29, 0.717) is 29.7 Å². The van der Waals surface area contributed by atoms with Crippen LogP contribution < -0.4 is 10.6 Å². The van der Waals surface area contributed by atoms with E-state index < -0.39 is 11.4 Å². The molecule has 2 aromatic rings. The van der Waals surface area contributed by atoms with Crippen LogP contribution in [0.25, 0.3) is 0 Å². The van der Waals surface area contributed by atoms with Crippen LogP contribution in [-0.4, -0.2) is 31.4 Å². The predicted molar refractivity (Wildman–Crippen MR) is 111 cm³/mol. The van der Waals surface area contributed by atoms with Gasteiger partial charge in [0, 0.05) is 17.8 Å². The normalized spacial score (nSPS) is 14.7. The van der Waals surface area contributed by atoms with Crippen molar-refractivity contribution in [2.45, 2.75) is 37.5 Å². The molecule has 30 heavy (non-hydrogen) atoms. The number of methoxy groups -OCH3 is 1. The predicted octanol–water partition coefficient (Wildman–Crippen LogP) is 3.57. The molecule has 6 nitrogen and oxygen atoms in total. The molecule has 3 rings (SSSR count). The van der Waals surface area contributed by atoms with Gasteiger partial charge in [0.15, 0.2) is 0 Å². The van der Waals surface area contributed by atoms with Gasteiger partial charge in [-0.3, -0.25) is 14.4 Å². The van der Waals surface area contributed by atoms with Crippen LogP contribution in [-0.2, 0) is 19.7 Å². The number of nitrogens with one attached hydrogen (secondary N) is 2. The number of ether oxygens (including phenoxy) is 1. The minimum Gasteiger partial charge on any atom is -0.469 e. The highest BCUT2D eigenvalue weighted by Crippen LogP contribution is 2.42. The van der Waals surface area contributed by atoms with Gasteiger partial charge in [0.2, 0.25) is 5.91 Å². The van der Waals surface area contributed by atoms with Gasteiger partial charge in [-0.25, -0.2) is 4.39 Å². The lowest BCUT2D eigenvalue weighted by atomic mass is 9.78. The summed E-state index contributed by atoms with van der Waals surface area (Å²) in [5.41, 5.74) is 0.929. The summed E-state index contributed by atoms with van der Waals surface area (Å²) in [7, 11) is 1.29. The summed E-state index contributed by atoms with van der Waals surface area (Å²) in [5.74, 6) is -1.23. The Hall–Kier alpha value is -3.22. The van der Waals surface area contributed by atoms with Gasteiger partial charge in [-0.15, -0.1) is 0 Å². The van der Waals surface area contributed by atoms with Crippen LogP contribution in [0.15, 0.2) is 48.5 Å². The molecule has 0 atom stereocenters. The maximum absolute atomic E-state index is 13.8. The molecular weight excluding hydrogens is 387 g/mol. The SMILES string of the molecule is COC(=O)CCNC(=O)c1ccc(NC(=O)C2(c3cccc(F)c3)CCCC2)cc1. The van der Waals surface area contributed by atoms with Gasteiger partial charge in [-0.05, 0) is 54.8 Å². The minimum absolute atomic E-state index is 0.0958. The molecule has 0 aliphatic heterocycles. The van der Waals surface area contributed by atoms with Crippen LogP contribution in [0, 0.1) is 5.82 Å². The van der Waals surface area contributed by atoms with Crippen LogP contribution >= 0.6 is 0 Å². The van der Waals surface area contributed by atoms with Crippen molar-refractivity contribution in [3.63, 3.8) is 0 Å². The van der Waals surface area contributed by atoms with Crippen molar-refractivity contribution in [1.29, 1.82) is 0 Å². The first kappa shape index (κ1) is 21.5. The van der Waals surface area contributed by atoms with Gasteiger partial charge in [-0.1, -0.05) is 25.0 Å². The van der Waals surface area contributed by atoms with E-state index in [9.17, 15) is 18.8 Å². The number of anilines is 1. The molecule has 2 amide bonds. The molecule has 0 saturated heterocycles. The number of carbonyl (C=O) groups excluding carboxylic acids is 3. The van der Waals surface area contributed by atoms with Gasteiger partial charge in [-0.2, -0.15) is 0 Å². The maximum Gasteiger partial charge on any atom is 0.307 e.